The van der Waals surface area contributed by atoms with E-state index in [2.05, 4.69) is 20.7 Å². The van der Waals surface area contributed by atoms with Crippen molar-refractivity contribution < 1.29 is 15.0 Å². The zero-order chi connectivity index (χ0) is 14.6. The van der Waals surface area contributed by atoms with E-state index in [9.17, 15) is 9.59 Å². The molecule has 0 saturated carbocycles. The van der Waals surface area contributed by atoms with Crippen LogP contribution in [0, 0.1) is 6.92 Å². The smallest absolute Gasteiger partial charge is 0.347 e. The molecule has 19 heavy (non-hydrogen) atoms. The van der Waals surface area contributed by atoms with Gasteiger partial charge in [0.1, 0.15) is 5.56 Å². The molecule has 0 aliphatic heterocycles. The van der Waals surface area contributed by atoms with Gasteiger partial charge in [-0.05, 0) is 13.8 Å². The number of aromatic nitrogens is 2. The van der Waals surface area contributed by atoms with Gasteiger partial charge >= 0.3 is 5.69 Å². The summed E-state index contributed by atoms with van der Waals surface area (Å²) in [4.78, 5) is 29.2. The van der Waals surface area contributed by atoms with Gasteiger partial charge in [0.05, 0.1) is 18.8 Å². The third kappa shape index (κ3) is 3.28. The van der Waals surface area contributed by atoms with Crippen LogP contribution in [0.5, 0.6) is 0 Å². The maximum Gasteiger partial charge on any atom is 0.347 e. The van der Waals surface area contributed by atoms with Crippen molar-refractivity contribution in [2.45, 2.75) is 19.4 Å². The molecule has 0 aromatic carbocycles. The summed E-state index contributed by atoms with van der Waals surface area (Å²) >= 11 is 0. The predicted octanol–water partition coefficient (Wildman–Crippen LogP) is -2.16. The highest BCUT2D eigenvalue weighted by molar-refractivity contribution is 6.00. The van der Waals surface area contributed by atoms with Crippen LogP contribution in [0.3, 0.4) is 0 Å². The molecule has 0 saturated heterocycles. The molecule has 1 rings (SSSR count). The minimum atomic E-state index is -1.19. The number of H-pyrrole nitrogens is 1. The molecule has 0 radical (unpaired) electrons. The number of nitrogens with two attached hydrogens (primary N) is 1. The molecule has 9 heteroatoms. The van der Waals surface area contributed by atoms with E-state index in [-0.39, 0.29) is 17.1 Å². The van der Waals surface area contributed by atoms with Crippen molar-refractivity contribution in [2.24, 2.45) is 5.84 Å². The number of anilines is 1. The number of nitrogens with one attached hydrogen (secondary N) is 3. The monoisotopic (exact) mass is 271 g/mol. The first-order valence-electron chi connectivity index (χ1n) is 5.48. The summed E-state index contributed by atoms with van der Waals surface area (Å²) in [5, 5.41) is 20.7. The Morgan fingerprint density at radius 3 is 2.53 bits per heavy atom. The van der Waals surface area contributed by atoms with Gasteiger partial charge in [-0.2, -0.15) is 4.98 Å². The maximum absolute atomic E-state index is 12.1. The number of amides is 1. The summed E-state index contributed by atoms with van der Waals surface area (Å²) in [7, 11) is 0. The number of hydrogen-bond donors (Lipinski definition) is 6. The van der Waals surface area contributed by atoms with Gasteiger partial charge in [-0.3, -0.25) is 4.79 Å². The fourth-order valence-electron chi connectivity index (χ4n) is 1.43. The van der Waals surface area contributed by atoms with Crippen LogP contribution < -0.4 is 22.3 Å². The Kier molecular flexibility index (Phi) is 4.59. The summed E-state index contributed by atoms with van der Waals surface area (Å²) in [6, 6.07) is 0. The standard InChI is InChI=1S/C10H17N5O4/c1-5-6(7(15-11)13-9(19)12-5)8(18)14-10(2,3-16)4-17/h16-17H,3-4,11H2,1-2H3,(H,14,18)(H2,12,13,15,19). The summed E-state index contributed by atoms with van der Waals surface area (Å²) in [5.74, 6) is 4.50. The van der Waals surface area contributed by atoms with E-state index >= 15 is 0 Å². The van der Waals surface area contributed by atoms with E-state index in [1.807, 2.05) is 0 Å². The Bertz CT molecular complexity index is 523. The molecule has 0 bridgehead atoms. The lowest BCUT2D eigenvalue weighted by molar-refractivity contribution is 0.0723. The second kappa shape index (κ2) is 5.78. The Morgan fingerprint density at radius 2 is 2.05 bits per heavy atom. The fourth-order valence-corrected chi connectivity index (χ4v) is 1.43. The van der Waals surface area contributed by atoms with Crippen molar-refractivity contribution in [3.63, 3.8) is 0 Å². The molecular formula is C10H17N5O4. The topological polar surface area (TPSA) is 153 Å². The van der Waals surface area contributed by atoms with Crippen molar-refractivity contribution >= 4 is 11.7 Å². The van der Waals surface area contributed by atoms with Crippen molar-refractivity contribution in [3.05, 3.63) is 21.7 Å². The number of hydrogen-bond acceptors (Lipinski definition) is 7. The molecule has 1 heterocycles. The van der Waals surface area contributed by atoms with Gasteiger partial charge in [0.25, 0.3) is 5.91 Å². The zero-order valence-corrected chi connectivity index (χ0v) is 10.6. The molecule has 0 aliphatic carbocycles. The highest BCUT2D eigenvalue weighted by Gasteiger charge is 2.27. The average Bonchev–Trinajstić information content (AvgIpc) is 2.37. The third-order valence-electron chi connectivity index (χ3n) is 2.60. The van der Waals surface area contributed by atoms with Gasteiger partial charge < -0.3 is 25.9 Å². The van der Waals surface area contributed by atoms with Gasteiger partial charge in [-0.1, -0.05) is 0 Å². The molecule has 9 nitrogen and oxygen atoms in total. The zero-order valence-electron chi connectivity index (χ0n) is 10.6. The Morgan fingerprint density at radius 1 is 1.47 bits per heavy atom. The molecule has 1 aromatic heterocycles. The van der Waals surface area contributed by atoms with Gasteiger partial charge in [0.15, 0.2) is 5.82 Å². The molecule has 1 amide bonds. The van der Waals surface area contributed by atoms with Crippen LogP contribution in [-0.2, 0) is 0 Å². The first kappa shape index (κ1) is 15.1. The van der Waals surface area contributed by atoms with Crippen LogP contribution in [0.1, 0.15) is 23.0 Å². The molecule has 1 aromatic rings. The fraction of sp³-hybridized carbons (Fsp3) is 0.500. The van der Waals surface area contributed by atoms with Crippen molar-refractivity contribution in [2.75, 3.05) is 18.6 Å². The van der Waals surface area contributed by atoms with E-state index in [1.165, 1.54) is 13.8 Å². The normalized spacial score (nSPS) is 11.2. The average molecular weight is 271 g/mol. The minimum Gasteiger partial charge on any atom is -0.394 e. The molecule has 0 spiro atoms. The van der Waals surface area contributed by atoms with E-state index < -0.39 is 30.3 Å². The lowest BCUT2D eigenvalue weighted by Gasteiger charge is -2.26. The summed E-state index contributed by atoms with van der Waals surface area (Å²) in [6.45, 7) is 2.08. The van der Waals surface area contributed by atoms with E-state index in [0.29, 0.717) is 0 Å². The molecule has 0 aliphatic rings. The Labute approximate surface area is 108 Å². The lowest BCUT2D eigenvalue weighted by Crippen LogP contribution is -2.52. The molecule has 7 N–H and O–H groups in total. The van der Waals surface area contributed by atoms with Gasteiger partial charge in [-0.15, -0.1) is 0 Å². The van der Waals surface area contributed by atoms with Crippen molar-refractivity contribution in [1.29, 1.82) is 0 Å². The van der Waals surface area contributed by atoms with Crippen LogP contribution in [-0.4, -0.2) is 44.8 Å². The van der Waals surface area contributed by atoms with E-state index in [0.717, 1.165) is 0 Å². The largest absolute Gasteiger partial charge is 0.394 e. The number of aliphatic hydroxyl groups excluding tert-OH is 2. The number of aryl methyl sites for hydroxylation is 1. The van der Waals surface area contributed by atoms with Crippen LogP contribution in [0.15, 0.2) is 4.79 Å². The number of aromatic amines is 1. The number of rotatable bonds is 5. The number of carbonyl (C=O) groups excluding carboxylic acids is 1. The summed E-state index contributed by atoms with van der Waals surface area (Å²) in [6.07, 6.45) is 0. The Hall–Kier alpha value is -1.97. The van der Waals surface area contributed by atoms with E-state index in [4.69, 9.17) is 16.1 Å². The predicted molar refractivity (Wildman–Crippen MR) is 67.4 cm³/mol. The minimum absolute atomic E-state index is 0.0372. The number of nitrogens with zero attached hydrogens (tertiary/aromatic N) is 1. The van der Waals surface area contributed by atoms with Crippen LogP contribution in [0.25, 0.3) is 0 Å². The summed E-state index contributed by atoms with van der Waals surface area (Å²) < 4.78 is 0. The summed E-state index contributed by atoms with van der Waals surface area (Å²) in [5.41, 5.74) is 0.634. The first-order chi connectivity index (χ1) is 8.86. The molecular weight excluding hydrogens is 254 g/mol. The van der Waals surface area contributed by atoms with Gasteiger partial charge in [0, 0.05) is 5.69 Å². The maximum atomic E-state index is 12.1. The van der Waals surface area contributed by atoms with E-state index in [1.54, 1.807) is 0 Å². The number of hydrazine groups is 1. The highest BCUT2D eigenvalue weighted by atomic mass is 16.3. The molecule has 106 valence electrons. The van der Waals surface area contributed by atoms with Crippen LogP contribution in [0.2, 0.25) is 0 Å². The third-order valence-corrected chi connectivity index (χ3v) is 2.60. The first-order valence-corrected chi connectivity index (χ1v) is 5.48. The van der Waals surface area contributed by atoms with Gasteiger partial charge in [0.2, 0.25) is 0 Å². The van der Waals surface area contributed by atoms with Crippen molar-refractivity contribution in [3.8, 4) is 0 Å². The second-order valence-corrected chi connectivity index (χ2v) is 4.37. The SMILES string of the molecule is Cc1[nH]c(=O)nc(NN)c1C(=O)NC(C)(CO)CO. The highest BCUT2D eigenvalue weighted by Crippen LogP contribution is 2.13. The second-order valence-electron chi connectivity index (χ2n) is 4.37. The van der Waals surface area contributed by atoms with Crippen molar-refractivity contribution in [1.82, 2.24) is 15.3 Å². The Balaban J connectivity index is 3.16. The van der Waals surface area contributed by atoms with Gasteiger partial charge in [-0.25, -0.2) is 10.6 Å². The van der Waals surface area contributed by atoms with Crippen LogP contribution in [0.4, 0.5) is 5.82 Å². The quantitative estimate of drug-likeness (QED) is 0.263. The molecule has 0 fully saturated rings. The molecule has 0 atom stereocenters. The molecule has 0 unspecified atom stereocenters. The number of aliphatic hydroxyl groups is 2. The number of carbonyl (C=O) groups is 1. The lowest BCUT2D eigenvalue weighted by atomic mass is 10.0. The van der Waals surface area contributed by atoms with Crippen LogP contribution >= 0.6 is 0 Å². The number of nitrogen functional groups attached to an aromatic ring is 1.